The number of benzene rings is 1. The summed E-state index contributed by atoms with van der Waals surface area (Å²) in [6.07, 6.45) is 6.98. The Hall–Kier alpha value is -3.80. The Morgan fingerprint density at radius 1 is 1.21 bits per heavy atom. The summed E-state index contributed by atoms with van der Waals surface area (Å²) in [7, 11) is 0. The molecule has 8 nitrogen and oxygen atoms in total. The summed E-state index contributed by atoms with van der Waals surface area (Å²) in [5.74, 6) is -0.257. The van der Waals surface area contributed by atoms with Crippen LogP contribution < -0.4 is 11.2 Å². The molecule has 0 unspecified atom stereocenters. The number of aromatic hydroxyl groups is 1. The molecule has 0 atom stereocenters. The van der Waals surface area contributed by atoms with E-state index in [-0.39, 0.29) is 17.4 Å². The second-order valence-corrected chi connectivity index (χ2v) is 8.83. The number of nitrogens with one attached hydrogen (secondary N) is 1. The molecule has 4 rings (SSSR count). The van der Waals surface area contributed by atoms with Crippen molar-refractivity contribution < 1.29 is 9.50 Å². The van der Waals surface area contributed by atoms with Gasteiger partial charge in [0.2, 0.25) is 5.69 Å². The lowest BCUT2D eigenvalue weighted by Gasteiger charge is -2.18. The lowest BCUT2D eigenvalue weighted by Crippen LogP contribution is -2.33. The predicted octanol–water partition coefficient (Wildman–Crippen LogP) is 3.68. The zero-order valence-corrected chi connectivity index (χ0v) is 19.2. The third-order valence-corrected chi connectivity index (χ3v) is 6.56. The van der Waals surface area contributed by atoms with Gasteiger partial charge in [-0.1, -0.05) is 25.7 Å². The summed E-state index contributed by atoms with van der Waals surface area (Å²) in [4.78, 5) is 30.6. The number of aromatic nitrogens is 4. The van der Waals surface area contributed by atoms with Gasteiger partial charge in [0.25, 0.3) is 5.56 Å². The Bertz CT molecular complexity index is 1400. The monoisotopic (exact) mass is 463 g/mol. The highest BCUT2D eigenvalue weighted by molar-refractivity contribution is 5.48. The van der Waals surface area contributed by atoms with Gasteiger partial charge in [-0.05, 0) is 61.6 Å². The zero-order chi connectivity index (χ0) is 24.4. The van der Waals surface area contributed by atoms with Crippen molar-refractivity contribution in [2.24, 2.45) is 0 Å². The van der Waals surface area contributed by atoms with Gasteiger partial charge in [-0.3, -0.25) is 14.8 Å². The highest BCUT2D eigenvalue weighted by Crippen LogP contribution is 2.35. The second-order valence-electron chi connectivity index (χ2n) is 8.83. The Morgan fingerprint density at radius 2 is 1.91 bits per heavy atom. The molecule has 34 heavy (non-hydrogen) atoms. The van der Waals surface area contributed by atoms with Crippen LogP contribution in [0.25, 0.3) is 5.69 Å². The maximum Gasteiger partial charge on any atom is 0.349 e. The summed E-state index contributed by atoms with van der Waals surface area (Å²) in [6.45, 7) is 3.40. The van der Waals surface area contributed by atoms with Crippen molar-refractivity contribution in [3.63, 3.8) is 0 Å². The van der Waals surface area contributed by atoms with E-state index in [9.17, 15) is 14.7 Å². The number of halogens is 1. The van der Waals surface area contributed by atoms with E-state index in [0.29, 0.717) is 33.5 Å². The quantitative estimate of drug-likeness (QED) is 0.569. The molecule has 1 fully saturated rings. The van der Waals surface area contributed by atoms with Gasteiger partial charge in [0.1, 0.15) is 17.5 Å². The maximum absolute atomic E-state index is 15.4. The average molecular weight is 464 g/mol. The van der Waals surface area contributed by atoms with Crippen LogP contribution in [0, 0.1) is 31.0 Å². The molecule has 0 saturated heterocycles. The lowest BCUT2D eigenvalue weighted by atomic mass is 9.93. The van der Waals surface area contributed by atoms with Crippen molar-refractivity contribution in [2.75, 3.05) is 0 Å². The number of aromatic amines is 1. The fraction of sp³-hybridized carbons (Fsp3) is 0.400. The molecule has 1 aliphatic carbocycles. The molecule has 0 bridgehead atoms. The number of rotatable bonds is 4. The Labute approximate surface area is 195 Å². The van der Waals surface area contributed by atoms with E-state index in [4.69, 9.17) is 10.2 Å². The predicted molar refractivity (Wildman–Crippen MR) is 124 cm³/mol. The van der Waals surface area contributed by atoms with Crippen LogP contribution in [0.3, 0.4) is 0 Å². The molecule has 1 aliphatic rings. The highest BCUT2D eigenvalue weighted by Gasteiger charge is 2.21. The number of hydrogen-bond donors (Lipinski definition) is 2. The van der Waals surface area contributed by atoms with Crippen LogP contribution in [0.4, 0.5) is 4.39 Å². The van der Waals surface area contributed by atoms with Crippen molar-refractivity contribution in [3.05, 3.63) is 78.6 Å². The van der Waals surface area contributed by atoms with E-state index >= 15 is 4.39 Å². The minimum atomic E-state index is -0.928. The molecule has 2 N–H and O–H groups in total. The molecule has 1 saturated carbocycles. The fourth-order valence-corrected chi connectivity index (χ4v) is 4.68. The molecule has 0 radical (unpaired) electrons. The SMILES string of the molecule is Cc1cc(-n2nc(C#N)c(=O)[nH]c2=O)c(F)c(C)c1Cc1ccc(O)c(C2CCCCCC2)n1. The van der Waals surface area contributed by atoms with Crippen molar-refractivity contribution in [2.45, 2.75) is 64.7 Å². The Kier molecular flexibility index (Phi) is 6.59. The van der Waals surface area contributed by atoms with Gasteiger partial charge in [0, 0.05) is 18.0 Å². The summed E-state index contributed by atoms with van der Waals surface area (Å²) >= 11 is 0. The van der Waals surface area contributed by atoms with Gasteiger partial charge in [0.15, 0.2) is 5.82 Å². The van der Waals surface area contributed by atoms with Crippen LogP contribution in [0.5, 0.6) is 5.75 Å². The second kappa shape index (κ2) is 9.59. The molecule has 9 heteroatoms. The number of hydrogen-bond acceptors (Lipinski definition) is 6. The van der Waals surface area contributed by atoms with E-state index in [1.807, 2.05) is 4.98 Å². The first kappa shape index (κ1) is 23.4. The van der Waals surface area contributed by atoms with E-state index in [2.05, 4.69) is 5.10 Å². The topological polar surface area (TPSA) is 125 Å². The van der Waals surface area contributed by atoms with Crippen LogP contribution in [0.1, 0.15) is 78.2 Å². The minimum absolute atomic E-state index is 0.144. The summed E-state index contributed by atoms with van der Waals surface area (Å²) < 4.78 is 16.1. The van der Waals surface area contributed by atoms with Crippen LogP contribution in [-0.4, -0.2) is 24.9 Å². The average Bonchev–Trinajstić information content (AvgIpc) is 3.10. The molecule has 0 aliphatic heterocycles. The molecule has 0 amide bonds. The van der Waals surface area contributed by atoms with Crippen LogP contribution in [-0.2, 0) is 6.42 Å². The van der Waals surface area contributed by atoms with E-state index in [1.54, 1.807) is 32.0 Å². The first-order valence-electron chi connectivity index (χ1n) is 11.4. The molecule has 0 spiro atoms. The summed E-state index contributed by atoms with van der Waals surface area (Å²) in [5, 5.41) is 23.2. The molecule has 3 aromatic rings. The van der Waals surface area contributed by atoms with E-state index < -0.39 is 22.8 Å². The smallest absolute Gasteiger partial charge is 0.349 e. The van der Waals surface area contributed by atoms with Gasteiger partial charge in [0.05, 0.1) is 5.69 Å². The standard InChI is InChI=1S/C25H26FN5O3/c1-14-11-20(31-25(34)29-24(33)19(13-27)30-31)22(26)15(2)18(14)12-17-9-10-21(32)23(28-17)16-7-5-3-4-6-8-16/h9-11,16,32H,3-8,12H2,1-2H3,(H,29,33,34). The molecule has 1 aromatic carbocycles. The fourth-order valence-electron chi connectivity index (χ4n) is 4.68. The number of nitriles is 1. The number of H-pyrrole nitrogens is 1. The van der Waals surface area contributed by atoms with Gasteiger partial charge in [-0.25, -0.2) is 9.18 Å². The number of pyridine rings is 1. The zero-order valence-electron chi connectivity index (χ0n) is 19.2. The first-order chi connectivity index (χ1) is 16.3. The maximum atomic E-state index is 15.4. The minimum Gasteiger partial charge on any atom is -0.506 e. The van der Waals surface area contributed by atoms with E-state index in [0.717, 1.165) is 31.4 Å². The highest BCUT2D eigenvalue weighted by atomic mass is 19.1. The van der Waals surface area contributed by atoms with Crippen molar-refractivity contribution in [3.8, 4) is 17.5 Å². The van der Waals surface area contributed by atoms with Crippen LogP contribution in [0.15, 0.2) is 27.8 Å². The third kappa shape index (κ3) is 4.49. The third-order valence-electron chi connectivity index (χ3n) is 6.56. The first-order valence-corrected chi connectivity index (χ1v) is 11.4. The van der Waals surface area contributed by atoms with Gasteiger partial charge >= 0.3 is 5.69 Å². The Morgan fingerprint density at radius 3 is 2.59 bits per heavy atom. The van der Waals surface area contributed by atoms with Crippen molar-refractivity contribution in [1.82, 2.24) is 19.7 Å². The summed E-state index contributed by atoms with van der Waals surface area (Å²) in [5.41, 5.74) is 0.648. The van der Waals surface area contributed by atoms with E-state index in [1.165, 1.54) is 18.9 Å². The van der Waals surface area contributed by atoms with Crippen LogP contribution in [0.2, 0.25) is 0 Å². The molecular weight excluding hydrogens is 437 g/mol. The normalized spacial score (nSPS) is 14.5. The molecule has 2 aromatic heterocycles. The van der Waals surface area contributed by atoms with Crippen molar-refractivity contribution in [1.29, 1.82) is 5.26 Å². The van der Waals surface area contributed by atoms with Gasteiger partial charge in [-0.15, -0.1) is 5.10 Å². The number of nitrogens with zero attached hydrogens (tertiary/aromatic N) is 4. The van der Waals surface area contributed by atoms with Gasteiger partial charge in [-0.2, -0.15) is 9.94 Å². The van der Waals surface area contributed by atoms with Crippen LogP contribution >= 0.6 is 0 Å². The molecule has 176 valence electrons. The molecular formula is C25H26FN5O3. The lowest BCUT2D eigenvalue weighted by molar-refractivity contribution is 0.445. The van der Waals surface area contributed by atoms with Crippen molar-refractivity contribution >= 4 is 0 Å². The molecule has 2 heterocycles. The van der Waals surface area contributed by atoms with Gasteiger partial charge < -0.3 is 5.11 Å². The largest absolute Gasteiger partial charge is 0.506 e. The number of aryl methyl sites for hydroxylation is 1. The Balaban J connectivity index is 1.72. The summed E-state index contributed by atoms with van der Waals surface area (Å²) in [6, 6.07) is 6.47.